The largest absolute Gasteiger partial charge is 0.507 e. The molecule has 0 bridgehead atoms. The average molecular weight is 689 g/mol. The molecule has 1 atom stereocenters. The second kappa shape index (κ2) is 11.6. The molecule has 4 N–H and O–H groups in total. The number of piperidine rings is 2. The first-order valence-corrected chi connectivity index (χ1v) is 17.4. The van der Waals surface area contributed by atoms with Gasteiger partial charge in [0.1, 0.15) is 17.5 Å². The number of aromatic nitrogens is 4. The van der Waals surface area contributed by atoms with Crippen molar-refractivity contribution in [3.05, 3.63) is 71.5 Å². The van der Waals surface area contributed by atoms with Crippen LogP contribution in [-0.4, -0.2) is 84.3 Å². The van der Waals surface area contributed by atoms with Gasteiger partial charge in [-0.15, -0.1) is 10.2 Å². The Bertz CT molecular complexity index is 2130. The standard InChI is InChI=1S/C37H36N8O6/c38-33-25(15-28(41-42-33)24-3-1-2-4-30(24)46)21-16-39-45(17-21)22-13-20(14-22)35(49)43-11-9-37(10-12-43)19-51-32-26-18-44(29-7-8-31(47)40-34(29)48)36(50)23(26)5-6-27(32)37/h1-6,15-17,20,22,29,46H,7-14,18-19H2,(H2,38,42)(H,40,47,48). The van der Waals surface area contributed by atoms with Crippen LogP contribution in [0.15, 0.2) is 54.9 Å². The number of ether oxygens (including phenoxy) is 1. The molecule has 1 unspecified atom stereocenters. The number of fused-ring (bicyclic) bond motifs is 4. The van der Waals surface area contributed by atoms with Crippen molar-refractivity contribution in [2.75, 3.05) is 25.4 Å². The molecule has 3 fully saturated rings. The van der Waals surface area contributed by atoms with E-state index in [1.165, 1.54) is 0 Å². The van der Waals surface area contributed by atoms with E-state index in [1.807, 2.05) is 34.0 Å². The zero-order valence-electron chi connectivity index (χ0n) is 27.7. The number of carbonyl (C=O) groups excluding carboxylic acids is 4. The van der Waals surface area contributed by atoms with Gasteiger partial charge < -0.3 is 25.4 Å². The second-order valence-corrected chi connectivity index (χ2v) is 14.3. The highest BCUT2D eigenvalue weighted by molar-refractivity contribution is 6.06. The number of phenolic OH excluding ortho intramolecular Hbond substituents is 1. The number of nitrogens with zero attached hydrogens (tertiary/aromatic N) is 6. The third-order valence-corrected chi connectivity index (χ3v) is 11.5. The van der Waals surface area contributed by atoms with E-state index in [-0.39, 0.29) is 59.6 Å². The number of likely N-dealkylation sites (tertiary alicyclic amines) is 1. The first-order chi connectivity index (χ1) is 24.7. The van der Waals surface area contributed by atoms with Crippen LogP contribution < -0.4 is 15.8 Å². The first-order valence-electron chi connectivity index (χ1n) is 17.4. The fourth-order valence-corrected chi connectivity index (χ4v) is 8.45. The lowest BCUT2D eigenvalue weighted by Gasteiger charge is -2.42. The normalized spacial score (nSPS) is 23.5. The van der Waals surface area contributed by atoms with Crippen LogP contribution in [-0.2, 0) is 26.3 Å². The predicted octanol–water partition coefficient (Wildman–Crippen LogP) is 2.96. The summed E-state index contributed by atoms with van der Waals surface area (Å²) in [7, 11) is 0. The SMILES string of the molecule is Nc1nnc(-c2ccccc2O)cc1-c1cnn(C2CC(C(=O)N3CCC4(CC3)COc3c4ccc4c3CN(C3CCC(=O)NC3=O)C4=O)C2)c1. The summed E-state index contributed by atoms with van der Waals surface area (Å²) >= 11 is 0. The maximum absolute atomic E-state index is 13.6. The highest BCUT2D eigenvalue weighted by Crippen LogP contribution is 2.50. The zero-order chi connectivity index (χ0) is 35.0. The van der Waals surface area contributed by atoms with Gasteiger partial charge in [0.15, 0.2) is 5.82 Å². The number of amides is 4. The van der Waals surface area contributed by atoms with E-state index in [9.17, 15) is 24.3 Å². The molecule has 1 spiro atoms. The third-order valence-electron chi connectivity index (χ3n) is 11.5. The zero-order valence-corrected chi connectivity index (χ0v) is 27.7. The highest BCUT2D eigenvalue weighted by atomic mass is 16.5. The fraction of sp³-hybridized carbons (Fsp3) is 0.378. The van der Waals surface area contributed by atoms with Gasteiger partial charge in [-0.25, -0.2) is 0 Å². The minimum Gasteiger partial charge on any atom is -0.507 e. The van der Waals surface area contributed by atoms with Crippen LogP contribution in [0.5, 0.6) is 11.5 Å². The quantitative estimate of drug-likeness (QED) is 0.263. The molecule has 2 aromatic heterocycles. The van der Waals surface area contributed by atoms with E-state index in [0.717, 1.165) is 35.3 Å². The number of aromatic hydroxyl groups is 1. The molecule has 14 nitrogen and oxygen atoms in total. The maximum atomic E-state index is 13.6. The lowest BCUT2D eigenvalue weighted by molar-refractivity contribution is -0.141. The molecule has 5 aliphatic rings. The van der Waals surface area contributed by atoms with E-state index in [0.29, 0.717) is 61.3 Å². The van der Waals surface area contributed by atoms with E-state index in [4.69, 9.17) is 10.5 Å². The summed E-state index contributed by atoms with van der Waals surface area (Å²) in [5, 5.41) is 25.5. The van der Waals surface area contributed by atoms with Crippen molar-refractivity contribution in [2.45, 2.75) is 62.6 Å². The van der Waals surface area contributed by atoms with Crippen LogP contribution in [0, 0.1) is 5.92 Å². The molecular formula is C37H36N8O6. The number of hydrogen-bond donors (Lipinski definition) is 3. The summed E-state index contributed by atoms with van der Waals surface area (Å²) in [6.07, 6.45) is 7.10. The molecule has 6 heterocycles. The van der Waals surface area contributed by atoms with Gasteiger partial charge in [0.25, 0.3) is 5.91 Å². The molecule has 2 aromatic carbocycles. The Morgan fingerprint density at radius 2 is 1.82 bits per heavy atom. The number of nitrogens with one attached hydrogen (secondary N) is 1. The van der Waals surface area contributed by atoms with Crippen molar-refractivity contribution in [3.8, 4) is 33.9 Å². The number of benzene rings is 2. The summed E-state index contributed by atoms with van der Waals surface area (Å²) in [5.41, 5.74) is 10.9. The molecule has 1 aliphatic carbocycles. The van der Waals surface area contributed by atoms with Crippen LogP contribution in [0.1, 0.15) is 66.1 Å². The summed E-state index contributed by atoms with van der Waals surface area (Å²) in [5.74, 6) is 0.240. The Hall–Kier alpha value is -5.79. The smallest absolute Gasteiger partial charge is 0.255 e. The van der Waals surface area contributed by atoms with Crippen LogP contribution in [0.2, 0.25) is 0 Å². The van der Waals surface area contributed by atoms with Crippen LogP contribution in [0.25, 0.3) is 22.4 Å². The van der Waals surface area contributed by atoms with E-state index < -0.39 is 11.9 Å². The number of carbonyl (C=O) groups is 4. The van der Waals surface area contributed by atoms with Gasteiger partial charge in [-0.05, 0) is 56.4 Å². The van der Waals surface area contributed by atoms with Crippen LogP contribution in [0.4, 0.5) is 5.82 Å². The number of anilines is 1. The molecule has 260 valence electrons. The number of nitrogens with two attached hydrogens (primary N) is 1. The van der Waals surface area contributed by atoms with Crippen LogP contribution >= 0.6 is 0 Å². The van der Waals surface area contributed by atoms with Crippen molar-refractivity contribution in [1.29, 1.82) is 0 Å². The van der Waals surface area contributed by atoms with Gasteiger partial charge in [-0.1, -0.05) is 18.2 Å². The third kappa shape index (κ3) is 5.02. The lowest BCUT2D eigenvalue weighted by atomic mass is 9.73. The summed E-state index contributed by atoms with van der Waals surface area (Å²) in [6.45, 7) is 2.02. The molecule has 4 amide bonds. The van der Waals surface area contributed by atoms with Crippen molar-refractivity contribution in [2.24, 2.45) is 5.92 Å². The Kier molecular flexibility index (Phi) is 7.12. The van der Waals surface area contributed by atoms with Gasteiger partial charge >= 0.3 is 0 Å². The maximum Gasteiger partial charge on any atom is 0.255 e. The Labute approximate surface area is 292 Å². The lowest BCUT2D eigenvalue weighted by Crippen LogP contribution is -2.52. The molecule has 0 radical (unpaired) electrons. The fourth-order valence-electron chi connectivity index (χ4n) is 8.45. The molecule has 14 heteroatoms. The predicted molar refractivity (Wildman–Crippen MR) is 182 cm³/mol. The molecule has 2 saturated heterocycles. The second-order valence-electron chi connectivity index (χ2n) is 14.3. The molecule has 51 heavy (non-hydrogen) atoms. The van der Waals surface area contributed by atoms with Gasteiger partial charge in [-0.2, -0.15) is 5.10 Å². The van der Waals surface area contributed by atoms with Gasteiger partial charge in [-0.3, -0.25) is 29.2 Å². The van der Waals surface area contributed by atoms with Crippen molar-refractivity contribution >= 4 is 29.4 Å². The first kappa shape index (κ1) is 31.2. The molecule has 9 rings (SSSR count). The summed E-state index contributed by atoms with van der Waals surface area (Å²) in [4.78, 5) is 54.7. The highest BCUT2D eigenvalue weighted by Gasteiger charge is 2.49. The molecule has 1 saturated carbocycles. The molecular weight excluding hydrogens is 652 g/mol. The molecule has 4 aliphatic heterocycles. The number of imide groups is 1. The Morgan fingerprint density at radius 3 is 2.61 bits per heavy atom. The number of phenols is 1. The number of rotatable bonds is 5. The topological polar surface area (TPSA) is 186 Å². The van der Waals surface area contributed by atoms with Crippen molar-refractivity contribution < 1.29 is 29.0 Å². The van der Waals surface area contributed by atoms with E-state index >= 15 is 0 Å². The van der Waals surface area contributed by atoms with Crippen molar-refractivity contribution in [3.63, 3.8) is 0 Å². The van der Waals surface area contributed by atoms with Gasteiger partial charge in [0, 0.05) is 70.4 Å². The molecule has 4 aromatic rings. The van der Waals surface area contributed by atoms with Gasteiger partial charge in [0.2, 0.25) is 17.7 Å². The average Bonchev–Trinajstić information content (AvgIpc) is 3.82. The minimum atomic E-state index is -0.675. The monoisotopic (exact) mass is 688 g/mol. The van der Waals surface area contributed by atoms with E-state index in [2.05, 4.69) is 20.6 Å². The number of para-hydroxylation sites is 1. The summed E-state index contributed by atoms with van der Waals surface area (Å²) < 4.78 is 8.19. The Morgan fingerprint density at radius 1 is 1.02 bits per heavy atom. The number of nitrogen functional groups attached to an aromatic ring is 1. The Balaban J connectivity index is 0.830. The number of hydrogen-bond acceptors (Lipinski definition) is 10. The van der Waals surface area contributed by atoms with Crippen molar-refractivity contribution in [1.82, 2.24) is 35.1 Å². The minimum absolute atomic E-state index is 0.0725. The van der Waals surface area contributed by atoms with Gasteiger partial charge in [0.05, 0.1) is 31.1 Å². The summed E-state index contributed by atoms with van der Waals surface area (Å²) in [6, 6.07) is 12.0. The van der Waals surface area contributed by atoms with Crippen LogP contribution in [0.3, 0.4) is 0 Å². The van der Waals surface area contributed by atoms with E-state index in [1.54, 1.807) is 35.4 Å².